The van der Waals surface area contributed by atoms with Crippen molar-refractivity contribution < 1.29 is 14.3 Å². The molecule has 0 saturated carbocycles. The van der Waals surface area contributed by atoms with Gasteiger partial charge in [-0.25, -0.2) is 0 Å². The molecule has 6 nitrogen and oxygen atoms in total. The van der Waals surface area contributed by atoms with Gasteiger partial charge >= 0.3 is 5.97 Å². The number of hydrogen-bond acceptors (Lipinski definition) is 6. The van der Waals surface area contributed by atoms with Crippen molar-refractivity contribution in [3.63, 3.8) is 0 Å². The fourth-order valence-electron chi connectivity index (χ4n) is 1.74. The quantitative estimate of drug-likeness (QED) is 0.772. The number of hydrogen-bond donors (Lipinski definition) is 1. The summed E-state index contributed by atoms with van der Waals surface area (Å²) in [5.41, 5.74) is 0.868. The van der Waals surface area contributed by atoms with E-state index >= 15 is 0 Å². The highest BCUT2D eigenvalue weighted by atomic mass is 35.5. The Kier molecular flexibility index (Phi) is 6.49. The molecule has 0 aliphatic rings. The van der Waals surface area contributed by atoms with Crippen molar-refractivity contribution in [2.24, 2.45) is 0 Å². The number of nitrogens with one attached hydrogen (secondary N) is 1. The predicted molar refractivity (Wildman–Crippen MR) is 88.4 cm³/mol. The van der Waals surface area contributed by atoms with Crippen molar-refractivity contribution in [3.05, 3.63) is 39.9 Å². The molecule has 1 heterocycles. The molecule has 23 heavy (non-hydrogen) atoms. The lowest BCUT2D eigenvalue weighted by molar-refractivity contribution is -0.145. The van der Waals surface area contributed by atoms with Gasteiger partial charge in [-0.2, -0.15) is 0 Å². The van der Waals surface area contributed by atoms with E-state index < -0.39 is 0 Å². The Labute approximate surface area is 142 Å². The number of nitrogens with zero attached hydrogens (tertiary/aromatic N) is 2. The summed E-state index contributed by atoms with van der Waals surface area (Å²) >= 11 is 7.09. The molecule has 0 aliphatic carbocycles. The summed E-state index contributed by atoms with van der Waals surface area (Å²) < 4.78 is 5.14. The molecule has 2 rings (SSSR count). The van der Waals surface area contributed by atoms with Gasteiger partial charge in [0, 0.05) is 17.9 Å². The highest BCUT2D eigenvalue weighted by molar-refractivity contribution is 7.15. The second kappa shape index (κ2) is 8.59. The van der Waals surface area contributed by atoms with Gasteiger partial charge in [-0.05, 0) is 31.0 Å². The van der Waals surface area contributed by atoms with Crippen LogP contribution >= 0.6 is 22.9 Å². The van der Waals surface area contributed by atoms with E-state index in [1.807, 2.05) is 6.92 Å². The summed E-state index contributed by atoms with van der Waals surface area (Å²) in [6, 6.07) is 7.08. The van der Waals surface area contributed by atoms with Crippen LogP contribution in [0.4, 0.5) is 5.13 Å². The van der Waals surface area contributed by atoms with E-state index in [0.29, 0.717) is 16.6 Å². The fourth-order valence-corrected chi connectivity index (χ4v) is 2.47. The first kappa shape index (κ1) is 17.4. The Hall–Kier alpha value is -1.99. The summed E-state index contributed by atoms with van der Waals surface area (Å²) in [5.74, 6) is -0.522. The summed E-state index contributed by atoms with van der Waals surface area (Å²) in [6.07, 6.45) is 0.841. The zero-order chi connectivity index (χ0) is 16.7. The molecule has 1 aromatic carbocycles. The lowest BCUT2D eigenvalue weighted by Crippen LogP contribution is -2.12. The lowest BCUT2D eigenvalue weighted by atomic mass is 10.2. The third kappa shape index (κ3) is 6.33. The van der Waals surface area contributed by atoms with Gasteiger partial charge in [0.05, 0.1) is 0 Å². The van der Waals surface area contributed by atoms with Crippen LogP contribution in [0.3, 0.4) is 0 Å². The molecule has 0 atom stereocenters. The largest absolute Gasteiger partial charge is 0.461 e. The predicted octanol–water partition coefficient (Wildman–Crippen LogP) is 3.35. The molecule has 1 aromatic heterocycles. The number of rotatable bonds is 7. The number of carbonyl (C=O) groups excluding carboxylic acids is 2. The van der Waals surface area contributed by atoms with E-state index in [4.69, 9.17) is 16.3 Å². The van der Waals surface area contributed by atoms with E-state index in [2.05, 4.69) is 15.5 Å². The third-order valence-electron chi connectivity index (χ3n) is 2.87. The maximum atomic E-state index is 11.7. The van der Waals surface area contributed by atoms with Crippen LogP contribution in [-0.2, 0) is 20.9 Å². The Morgan fingerprint density at radius 3 is 2.61 bits per heavy atom. The van der Waals surface area contributed by atoms with Crippen LogP contribution in [0.1, 0.15) is 29.8 Å². The van der Waals surface area contributed by atoms with Gasteiger partial charge in [0.1, 0.15) is 11.6 Å². The SMILES string of the molecule is Cc1nnc(NC(=O)CCCC(=O)OCc2ccc(Cl)cc2)s1. The van der Waals surface area contributed by atoms with Crippen LogP contribution in [-0.4, -0.2) is 22.1 Å². The first-order valence-corrected chi connectivity index (χ1v) is 8.22. The van der Waals surface area contributed by atoms with Gasteiger partial charge in [0.25, 0.3) is 0 Å². The van der Waals surface area contributed by atoms with Crippen molar-refractivity contribution in [1.29, 1.82) is 0 Å². The summed E-state index contributed by atoms with van der Waals surface area (Å²) in [4.78, 5) is 23.3. The molecule has 0 aliphatic heterocycles. The highest BCUT2D eigenvalue weighted by Gasteiger charge is 2.09. The van der Waals surface area contributed by atoms with Crippen molar-refractivity contribution >= 4 is 39.9 Å². The fraction of sp³-hybridized carbons (Fsp3) is 0.333. The number of aromatic nitrogens is 2. The Morgan fingerprint density at radius 1 is 1.22 bits per heavy atom. The summed E-state index contributed by atoms with van der Waals surface area (Å²) in [5, 5.41) is 12.1. The van der Waals surface area contributed by atoms with Gasteiger partial charge in [-0.15, -0.1) is 10.2 Å². The molecule has 0 fully saturated rings. The molecule has 0 unspecified atom stereocenters. The molecule has 0 radical (unpaired) electrons. The molecule has 122 valence electrons. The molecule has 2 aromatic rings. The van der Waals surface area contributed by atoms with Gasteiger partial charge in [0.15, 0.2) is 0 Å². The number of amides is 1. The molecule has 1 N–H and O–H groups in total. The standard InChI is InChI=1S/C15H16ClN3O3S/c1-10-18-19-15(23-10)17-13(20)3-2-4-14(21)22-9-11-5-7-12(16)8-6-11/h5-8H,2-4,9H2,1H3,(H,17,19,20). The first-order chi connectivity index (χ1) is 11.0. The van der Waals surface area contributed by atoms with Gasteiger partial charge < -0.3 is 10.1 Å². The Bertz CT molecular complexity index is 673. The molecule has 0 bridgehead atoms. The van der Waals surface area contributed by atoms with E-state index in [9.17, 15) is 9.59 Å². The Morgan fingerprint density at radius 2 is 1.96 bits per heavy atom. The van der Waals surface area contributed by atoms with Gasteiger partial charge in [0.2, 0.25) is 11.0 Å². The monoisotopic (exact) mass is 353 g/mol. The minimum absolute atomic E-state index is 0.188. The second-order valence-corrected chi connectivity index (χ2v) is 6.43. The Balaban J connectivity index is 1.62. The molecular formula is C15H16ClN3O3S. The number of ether oxygens (including phenoxy) is 1. The number of carbonyl (C=O) groups is 2. The summed E-state index contributed by atoms with van der Waals surface area (Å²) in [6.45, 7) is 2.01. The normalized spacial score (nSPS) is 10.3. The molecule has 0 spiro atoms. The number of benzene rings is 1. The second-order valence-electron chi connectivity index (χ2n) is 4.82. The smallest absolute Gasteiger partial charge is 0.306 e. The van der Waals surface area contributed by atoms with E-state index in [0.717, 1.165) is 10.6 Å². The number of anilines is 1. The highest BCUT2D eigenvalue weighted by Crippen LogP contribution is 2.14. The maximum Gasteiger partial charge on any atom is 0.306 e. The van der Waals surface area contributed by atoms with Gasteiger partial charge in [-0.1, -0.05) is 35.1 Å². The average Bonchev–Trinajstić information content (AvgIpc) is 2.91. The van der Waals surface area contributed by atoms with Crippen molar-refractivity contribution in [2.45, 2.75) is 32.8 Å². The van der Waals surface area contributed by atoms with E-state index in [-0.39, 0.29) is 31.3 Å². The minimum Gasteiger partial charge on any atom is -0.461 e. The van der Waals surface area contributed by atoms with Crippen LogP contribution in [0.25, 0.3) is 0 Å². The van der Waals surface area contributed by atoms with Crippen LogP contribution < -0.4 is 5.32 Å². The zero-order valence-corrected chi connectivity index (χ0v) is 14.1. The molecule has 8 heteroatoms. The van der Waals surface area contributed by atoms with E-state index in [1.54, 1.807) is 24.3 Å². The first-order valence-electron chi connectivity index (χ1n) is 7.03. The molecular weight excluding hydrogens is 338 g/mol. The third-order valence-corrected chi connectivity index (χ3v) is 3.88. The molecule has 1 amide bonds. The van der Waals surface area contributed by atoms with Crippen molar-refractivity contribution in [2.75, 3.05) is 5.32 Å². The van der Waals surface area contributed by atoms with Crippen molar-refractivity contribution in [3.8, 4) is 0 Å². The lowest BCUT2D eigenvalue weighted by Gasteiger charge is -2.05. The minimum atomic E-state index is -0.334. The maximum absolute atomic E-state index is 11.7. The van der Waals surface area contributed by atoms with E-state index in [1.165, 1.54) is 11.3 Å². The van der Waals surface area contributed by atoms with Crippen LogP contribution in [0.2, 0.25) is 5.02 Å². The topological polar surface area (TPSA) is 81.2 Å². The van der Waals surface area contributed by atoms with Crippen LogP contribution in [0.5, 0.6) is 0 Å². The van der Waals surface area contributed by atoms with Crippen molar-refractivity contribution in [1.82, 2.24) is 10.2 Å². The number of aryl methyl sites for hydroxylation is 1. The van der Waals surface area contributed by atoms with Gasteiger partial charge in [-0.3, -0.25) is 9.59 Å². The van der Waals surface area contributed by atoms with Crippen LogP contribution in [0, 0.1) is 6.92 Å². The van der Waals surface area contributed by atoms with Crippen LogP contribution in [0.15, 0.2) is 24.3 Å². The zero-order valence-electron chi connectivity index (χ0n) is 12.5. The average molecular weight is 354 g/mol. The molecule has 0 saturated heterocycles. The summed E-state index contributed by atoms with van der Waals surface area (Å²) in [7, 11) is 0. The number of halogens is 1. The number of esters is 1.